The van der Waals surface area contributed by atoms with Crippen molar-refractivity contribution in [1.29, 1.82) is 0 Å². The van der Waals surface area contributed by atoms with E-state index >= 15 is 0 Å². The Hall–Kier alpha value is -0.400. The van der Waals surface area contributed by atoms with Crippen molar-refractivity contribution in [3.63, 3.8) is 0 Å². The van der Waals surface area contributed by atoms with Crippen LogP contribution in [0.4, 0.5) is 0 Å². The summed E-state index contributed by atoms with van der Waals surface area (Å²) in [5.41, 5.74) is 0. The second-order valence-corrected chi connectivity index (χ2v) is 16.6. The third-order valence-corrected chi connectivity index (χ3v) is 11.4. The van der Waals surface area contributed by atoms with Crippen LogP contribution in [-0.2, 0) is 33.2 Å². The molecule has 0 aromatic carbocycles. The summed E-state index contributed by atoms with van der Waals surface area (Å²) in [6.07, 6.45) is -41.7. The summed E-state index contributed by atoms with van der Waals surface area (Å²) in [5, 5.41) is 258. The van der Waals surface area contributed by atoms with Gasteiger partial charge in [-0.2, -0.15) is 0 Å². The van der Waals surface area contributed by atoms with Crippen LogP contribution in [0.15, 0.2) is 0 Å². The van der Waals surface area contributed by atoms with Crippen LogP contribution in [0.2, 0.25) is 0 Å². The van der Waals surface area contributed by atoms with E-state index in [0.29, 0.717) is 0 Å². The van der Waals surface area contributed by atoms with Crippen LogP contribution in [-0.4, -0.2) is 374 Å². The molecule has 35 nitrogen and oxygen atoms in total. The normalized spacial score (nSPS) is 43.7. The van der Waals surface area contributed by atoms with Gasteiger partial charge in [0.15, 0.2) is 25.2 Å². The smallest absolute Gasteiger partial charge is 1.00 e. The molecule has 28 atom stereocenters. The van der Waals surface area contributed by atoms with E-state index in [2.05, 4.69) is 9.47 Å². The van der Waals surface area contributed by atoms with Crippen molar-refractivity contribution < 1.29 is 207 Å². The largest absolute Gasteiger partial charge is 1.00 e. The van der Waals surface area contributed by atoms with Crippen LogP contribution in [0.1, 0.15) is 8.35 Å². The molecule has 0 amide bonds. The van der Waals surface area contributed by atoms with Crippen LogP contribution in [0.25, 0.3) is 0 Å². The third-order valence-electron chi connectivity index (χ3n) is 11.4. The van der Waals surface area contributed by atoms with Crippen LogP contribution < -0.4 is 29.6 Å². The molecule has 74 heavy (non-hydrogen) atoms. The van der Waals surface area contributed by atoms with Crippen LogP contribution in [0.5, 0.6) is 0 Å². The molecular weight excluding hydrogens is 1040 g/mol. The molecule has 2 unspecified atom stereocenters. The molecule has 0 aromatic rings. The molecule has 5 rings (SSSR count). The van der Waals surface area contributed by atoms with E-state index in [-0.39, 0.29) is 37.6 Å². The first-order chi connectivity index (χ1) is 34.1. The molecule has 28 N–H and O–H groups in total. The van der Waals surface area contributed by atoms with Crippen LogP contribution in [0.3, 0.4) is 0 Å². The molecule has 0 saturated carbocycles. The van der Waals surface area contributed by atoms with Gasteiger partial charge in [0.1, 0.15) is 140 Å². The van der Waals surface area contributed by atoms with Gasteiger partial charge in [-0.15, -0.1) is 0 Å². The molecule has 5 heterocycles. The molecule has 5 aliphatic heterocycles. The van der Waals surface area contributed by atoms with E-state index in [1.807, 2.05) is 0 Å². The van der Waals surface area contributed by atoms with E-state index < -0.39 is 224 Å². The Kier molecular flexibility index (Phi) is 35.2. The molecule has 440 valence electrons. The van der Waals surface area contributed by atoms with E-state index in [4.69, 9.17) is 95.2 Å². The monoisotopic (exact) mass is 1120 g/mol. The van der Waals surface area contributed by atoms with Gasteiger partial charge in [-0.05, 0) is 6.92 Å². The molecule has 36 heteroatoms. The van der Waals surface area contributed by atoms with Gasteiger partial charge in [0, 0.05) is 6.61 Å². The average Bonchev–Trinajstić information content (AvgIpc) is 3.61. The zero-order chi connectivity index (χ0) is 56.4. The molecular formula is C38H77NaO35. The van der Waals surface area contributed by atoms with Crippen molar-refractivity contribution in [1.82, 2.24) is 0 Å². The number of aliphatic hydroxyl groups is 28. The zero-order valence-corrected chi connectivity index (χ0v) is 41.8. The Morgan fingerprint density at radius 1 is 0.446 bits per heavy atom. The van der Waals surface area contributed by atoms with Gasteiger partial charge in [-0.25, -0.2) is 0 Å². The maximum absolute atomic E-state index is 9.94. The van der Waals surface area contributed by atoms with Gasteiger partial charge < -0.3 is 178 Å². The number of rotatable bonds is 15. The van der Waals surface area contributed by atoms with Gasteiger partial charge >= 0.3 is 29.6 Å². The Labute approximate surface area is 443 Å². The minimum Gasteiger partial charge on any atom is -1.00 e. The fraction of sp³-hybridized carbons (Fsp3) is 1.00. The SMILES string of the molecule is CCO.OC[C@@H](O)[C@@H](O[C@H]1O[C@H](CO)[C@@H](O)[C@H](O)[C@H]1O)[C@H](O)[C@@H](O)CO.OC[C@H]1OC(O)[C@H](O)[C@@H](O)[C@@H]1O.OC[C@H]1O[C@H](O[C@H]2[C@H](O)[C@@H](O)C(O)O[C@@H]2CO)[C@H](O)[C@@H](O)[C@@H]1O.OC[C@H]1O[C@](O)(CO)[C@@H](O)[C@@H]1O.[H-].[Na+]. The Morgan fingerprint density at radius 2 is 0.811 bits per heavy atom. The first kappa shape index (κ1) is 73.6. The molecule has 0 bridgehead atoms. The van der Waals surface area contributed by atoms with Crippen LogP contribution in [0, 0.1) is 0 Å². The summed E-state index contributed by atoms with van der Waals surface area (Å²) in [5.74, 6) is -2.16. The maximum atomic E-state index is 9.94. The van der Waals surface area contributed by atoms with Crippen molar-refractivity contribution in [3.05, 3.63) is 0 Å². The summed E-state index contributed by atoms with van der Waals surface area (Å²) in [6.45, 7) is -3.75. The van der Waals surface area contributed by atoms with Crippen molar-refractivity contribution >= 4 is 0 Å². The van der Waals surface area contributed by atoms with E-state index in [1.165, 1.54) is 0 Å². The predicted molar refractivity (Wildman–Crippen MR) is 225 cm³/mol. The minimum absolute atomic E-state index is 0. The Bertz CT molecular complexity index is 1410. The second kappa shape index (κ2) is 35.4. The first-order valence-corrected chi connectivity index (χ1v) is 22.2. The van der Waals surface area contributed by atoms with E-state index in [9.17, 15) is 71.5 Å². The Balaban J connectivity index is 0. The number of hydrogen-bond acceptors (Lipinski definition) is 35. The molecule has 0 aliphatic carbocycles. The van der Waals surface area contributed by atoms with Crippen molar-refractivity contribution in [2.45, 2.75) is 178 Å². The Morgan fingerprint density at radius 3 is 1.19 bits per heavy atom. The number of ether oxygens (including phenoxy) is 7. The summed E-state index contributed by atoms with van der Waals surface area (Å²) < 4.78 is 34.6. The molecule has 5 saturated heterocycles. The van der Waals surface area contributed by atoms with Crippen LogP contribution >= 0.6 is 0 Å². The molecule has 0 spiro atoms. The summed E-state index contributed by atoms with van der Waals surface area (Å²) in [4.78, 5) is 0. The van der Waals surface area contributed by atoms with Crippen molar-refractivity contribution in [2.75, 3.05) is 59.5 Å². The zero-order valence-electron chi connectivity index (χ0n) is 40.8. The van der Waals surface area contributed by atoms with E-state index in [0.717, 1.165) is 0 Å². The maximum Gasteiger partial charge on any atom is 1.00 e. The number of hydrogen-bond donors (Lipinski definition) is 28. The quantitative estimate of drug-likeness (QED) is 0.0677. The number of aliphatic hydroxyl groups excluding tert-OH is 27. The third kappa shape index (κ3) is 19.4. The topological polar surface area (TPSA) is 631 Å². The molecule has 0 radical (unpaired) electrons. The first-order valence-electron chi connectivity index (χ1n) is 22.2. The van der Waals surface area contributed by atoms with Crippen molar-refractivity contribution in [3.8, 4) is 0 Å². The standard InChI is InChI=1S/C12H22O11.C12H24O11.2C6H12O6.C2H6O.Na.H/c13-1-3-5(15)6(16)9(19)12(22-3)23-10-4(2-14)21-11(20)8(18)7(10)17;13-1-4(16)7(18)11(5(17)2-14)23-12-10(21)9(20)8(19)6(3-15)22-12;7-1-3-4(9)5(10)6(11,2-8)12-3;7-1-2-3(8)4(9)5(10)6(11)12-2;1-2-3;;/h3-20H,1-2H2;4-21H,1-3H2;3-5,7-11H,1-2H2;2-11H,1H2;3H,2H2,1H3;;/q;;;;;+1;-1/t3-,4-,5-,6+,7-,8-,9-,10-,11?,12-;4-,5+,6+,7+,8+,9-,10+,11+,12+;3-,4-,5+,6-;2-,3-,4+,5-,6?;;;/m1011.../s1. The molecule has 5 fully saturated rings. The molecule has 5 aliphatic rings. The summed E-state index contributed by atoms with van der Waals surface area (Å²) in [6, 6.07) is 0. The van der Waals surface area contributed by atoms with Gasteiger partial charge in [0.25, 0.3) is 0 Å². The molecule has 0 aromatic heterocycles. The minimum atomic E-state index is -2.16. The van der Waals surface area contributed by atoms with Gasteiger partial charge in [0.05, 0.1) is 52.9 Å². The van der Waals surface area contributed by atoms with Gasteiger partial charge in [-0.3, -0.25) is 0 Å². The fourth-order valence-electron chi connectivity index (χ4n) is 6.96. The van der Waals surface area contributed by atoms with E-state index in [1.54, 1.807) is 6.92 Å². The summed E-state index contributed by atoms with van der Waals surface area (Å²) in [7, 11) is 0. The fourth-order valence-corrected chi connectivity index (χ4v) is 6.96. The van der Waals surface area contributed by atoms with Gasteiger partial charge in [-0.1, -0.05) is 0 Å². The summed E-state index contributed by atoms with van der Waals surface area (Å²) >= 11 is 0. The predicted octanol–water partition coefficient (Wildman–Crippen LogP) is -20.5. The second-order valence-electron chi connectivity index (χ2n) is 16.6. The average molecular weight is 1120 g/mol. The van der Waals surface area contributed by atoms with Crippen molar-refractivity contribution in [2.24, 2.45) is 0 Å². The van der Waals surface area contributed by atoms with Gasteiger partial charge in [0.2, 0.25) is 5.79 Å².